The first-order chi connectivity index (χ1) is 14.1. The van der Waals surface area contributed by atoms with Crippen molar-refractivity contribution in [3.05, 3.63) is 36.4 Å². The van der Waals surface area contributed by atoms with Gasteiger partial charge in [0.1, 0.15) is 23.7 Å². The normalized spacial score (nSPS) is 15.7. The number of rotatable bonds is 6. The number of aryl methyl sites for hydroxylation is 2. The van der Waals surface area contributed by atoms with Crippen molar-refractivity contribution in [2.24, 2.45) is 0 Å². The van der Waals surface area contributed by atoms with Crippen molar-refractivity contribution in [3.8, 4) is 11.3 Å². The van der Waals surface area contributed by atoms with Gasteiger partial charge in [-0.1, -0.05) is 0 Å². The standard InChI is InChI=1S/C20H21F2N7/c1-13-25-16-4-3-15(26-18(16)28(13)10-8-21)14-5-9-29-17(14)11-23-19(27-29)24-12-20(22)6-2-7-20/h3-5,9,11H,2,6-8,10,12H2,1H3,(H,24,27). The van der Waals surface area contributed by atoms with E-state index in [1.54, 1.807) is 15.3 Å². The second-order valence-electron chi connectivity index (χ2n) is 7.54. The fraction of sp³-hybridized carbons (Fsp3) is 0.400. The Hall–Kier alpha value is -3.10. The molecule has 0 amide bonds. The molecule has 0 atom stereocenters. The van der Waals surface area contributed by atoms with Gasteiger partial charge in [0.25, 0.3) is 0 Å². The van der Waals surface area contributed by atoms with Crippen LogP contribution in [0.5, 0.6) is 0 Å². The Morgan fingerprint density at radius 3 is 2.83 bits per heavy atom. The number of hydrogen-bond acceptors (Lipinski definition) is 5. The first-order valence-electron chi connectivity index (χ1n) is 9.74. The quantitative estimate of drug-likeness (QED) is 0.537. The van der Waals surface area contributed by atoms with Crippen LogP contribution in [0.15, 0.2) is 30.6 Å². The lowest BCUT2D eigenvalue weighted by Gasteiger charge is -2.33. The Labute approximate surface area is 165 Å². The van der Waals surface area contributed by atoms with Crippen molar-refractivity contribution in [1.29, 1.82) is 0 Å². The number of alkyl halides is 2. The maximum atomic E-state index is 14.2. The molecule has 1 N–H and O–H groups in total. The molecule has 0 spiro atoms. The lowest BCUT2D eigenvalue weighted by molar-refractivity contribution is 0.0782. The number of pyridine rings is 1. The van der Waals surface area contributed by atoms with Crippen molar-refractivity contribution in [1.82, 2.24) is 29.1 Å². The molecule has 150 valence electrons. The molecule has 4 heterocycles. The van der Waals surface area contributed by atoms with Crippen molar-refractivity contribution in [2.75, 3.05) is 18.5 Å². The molecule has 0 radical (unpaired) electrons. The molecule has 4 aromatic rings. The minimum absolute atomic E-state index is 0.225. The monoisotopic (exact) mass is 397 g/mol. The Balaban J connectivity index is 1.47. The third kappa shape index (κ3) is 3.10. The van der Waals surface area contributed by atoms with E-state index in [-0.39, 0.29) is 13.1 Å². The molecule has 0 aliphatic heterocycles. The summed E-state index contributed by atoms with van der Waals surface area (Å²) in [6.07, 6.45) is 5.62. The second-order valence-corrected chi connectivity index (χ2v) is 7.54. The molecule has 0 aromatic carbocycles. The highest BCUT2D eigenvalue weighted by atomic mass is 19.1. The number of nitrogens with zero attached hydrogens (tertiary/aromatic N) is 6. The van der Waals surface area contributed by atoms with E-state index in [0.717, 1.165) is 34.5 Å². The summed E-state index contributed by atoms with van der Waals surface area (Å²) < 4.78 is 30.6. The summed E-state index contributed by atoms with van der Waals surface area (Å²) in [5.74, 6) is 1.13. The van der Waals surface area contributed by atoms with Crippen LogP contribution < -0.4 is 5.32 Å². The maximum Gasteiger partial charge on any atom is 0.241 e. The molecule has 7 nitrogen and oxygen atoms in total. The van der Waals surface area contributed by atoms with Crippen LogP contribution in [-0.2, 0) is 6.54 Å². The van der Waals surface area contributed by atoms with Crippen LogP contribution in [0, 0.1) is 6.92 Å². The number of hydrogen-bond donors (Lipinski definition) is 1. The summed E-state index contributed by atoms with van der Waals surface area (Å²) in [5.41, 5.74) is 2.65. The van der Waals surface area contributed by atoms with Crippen LogP contribution in [0.2, 0.25) is 0 Å². The molecule has 9 heteroatoms. The Kier molecular flexibility index (Phi) is 4.18. The van der Waals surface area contributed by atoms with Crippen LogP contribution in [0.4, 0.5) is 14.7 Å². The van der Waals surface area contributed by atoms with Gasteiger partial charge in [-0.3, -0.25) is 0 Å². The van der Waals surface area contributed by atoms with Gasteiger partial charge >= 0.3 is 0 Å². The number of aromatic nitrogens is 6. The number of nitrogens with one attached hydrogen (secondary N) is 1. The smallest absolute Gasteiger partial charge is 0.241 e. The summed E-state index contributed by atoms with van der Waals surface area (Å²) in [4.78, 5) is 13.5. The molecule has 4 aromatic heterocycles. The number of fused-ring (bicyclic) bond motifs is 2. The van der Waals surface area contributed by atoms with Crippen molar-refractivity contribution < 1.29 is 8.78 Å². The molecule has 1 saturated carbocycles. The Bertz CT molecular complexity index is 1190. The zero-order chi connectivity index (χ0) is 20.0. The second kappa shape index (κ2) is 6.75. The number of anilines is 1. The van der Waals surface area contributed by atoms with E-state index in [1.165, 1.54) is 0 Å². The molecule has 5 rings (SSSR count). The summed E-state index contributed by atoms with van der Waals surface area (Å²) >= 11 is 0. The van der Waals surface area contributed by atoms with Crippen molar-refractivity contribution in [3.63, 3.8) is 0 Å². The third-order valence-corrected chi connectivity index (χ3v) is 5.60. The van der Waals surface area contributed by atoms with Crippen molar-refractivity contribution >= 4 is 22.6 Å². The zero-order valence-electron chi connectivity index (χ0n) is 16.1. The van der Waals surface area contributed by atoms with Gasteiger partial charge in [0.2, 0.25) is 5.95 Å². The fourth-order valence-electron chi connectivity index (χ4n) is 3.79. The maximum absolute atomic E-state index is 14.2. The van der Waals surface area contributed by atoms with Gasteiger partial charge in [0.15, 0.2) is 5.65 Å². The summed E-state index contributed by atoms with van der Waals surface area (Å²) in [7, 11) is 0. The Morgan fingerprint density at radius 2 is 2.07 bits per heavy atom. The highest BCUT2D eigenvalue weighted by molar-refractivity contribution is 5.82. The zero-order valence-corrected chi connectivity index (χ0v) is 16.1. The Morgan fingerprint density at radius 1 is 1.21 bits per heavy atom. The average molecular weight is 397 g/mol. The van der Waals surface area contributed by atoms with Crippen molar-refractivity contribution in [2.45, 2.75) is 38.4 Å². The van der Waals surface area contributed by atoms with Gasteiger partial charge in [-0.2, -0.15) is 0 Å². The van der Waals surface area contributed by atoms with Crippen LogP contribution in [0.25, 0.3) is 27.9 Å². The van der Waals surface area contributed by atoms with Gasteiger partial charge in [-0.25, -0.2) is 28.2 Å². The van der Waals surface area contributed by atoms with Gasteiger partial charge in [-0.15, -0.1) is 5.10 Å². The van der Waals surface area contributed by atoms with E-state index in [4.69, 9.17) is 4.98 Å². The van der Waals surface area contributed by atoms with Gasteiger partial charge in [-0.05, 0) is 44.4 Å². The molecule has 29 heavy (non-hydrogen) atoms. The first kappa shape index (κ1) is 18.0. The molecule has 1 aliphatic carbocycles. The van der Waals surface area contributed by atoms with Crippen LogP contribution in [0.1, 0.15) is 25.1 Å². The van der Waals surface area contributed by atoms with Crippen LogP contribution in [0.3, 0.4) is 0 Å². The molecule has 1 fully saturated rings. The highest BCUT2D eigenvalue weighted by Crippen LogP contribution is 2.35. The fourth-order valence-corrected chi connectivity index (χ4v) is 3.79. The lowest BCUT2D eigenvalue weighted by atomic mass is 9.82. The molecule has 0 bridgehead atoms. The largest absolute Gasteiger partial charge is 0.350 e. The topological polar surface area (TPSA) is 72.9 Å². The SMILES string of the molecule is Cc1nc2ccc(-c3ccn4nc(NCC5(F)CCC5)ncc34)nc2n1CCF. The van der Waals surface area contributed by atoms with Gasteiger partial charge in [0.05, 0.1) is 30.5 Å². The van der Waals surface area contributed by atoms with E-state index < -0.39 is 12.3 Å². The minimum Gasteiger partial charge on any atom is -0.350 e. The first-order valence-corrected chi connectivity index (χ1v) is 9.74. The molecule has 0 saturated heterocycles. The van der Waals surface area contributed by atoms with E-state index >= 15 is 0 Å². The molecular formula is C20H21F2N7. The number of halogens is 2. The summed E-state index contributed by atoms with van der Waals surface area (Å²) in [5, 5.41) is 7.43. The van der Waals surface area contributed by atoms with E-state index in [0.29, 0.717) is 24.4 Å². The summed E-state index contributed by atoms with van der Waals surface area (Å²) in [6, 6.07) is 5.69. The molecule has 0 unspecified atom stereocenters. The minimum atomic E-state index is -1.14. The number of imidazole rings is 1. The van der Waals surface area contributed by atoms with Crippen LogP contribution >= 0.6 is 0 Å². The summed E-state index contributed by atoms with van der Waals surface area (Å²) in [6.45, 7) is 1.82. The van der Waals surface area contributed by atoms with Gasteiger partial charge in [0, 0.05) is 11.8 Å². The highest BCUT2D eigenvalue weighted by Gasteiger charge is 2.36. The van der Waals surface area contributed by atoms with Gasteiger partial charge < -0.3 is 9.88 Å². The average Bonchev–Trinajstić information content (AvgIpc) is 3.25. The van der Waals surface area contributed by atoms with E-state index in [2.05, 4.69) is 20.4 Å². The molecular weight excluding hydrogens is 376 g/mol. The van der Waals surface area contributed by atoms with Crippen LogP contribution in [-0.4, -0.2) is 48.0 Å². The predicted octanol–water partition coefficient (Wildman–Crippen LogP) is 3.72. The van der Waals surface area contributed by atoms with E-state index in [9.17, 15) is 8.78 Å². The lowest BCUT2D eigenvalue weighted by Crippen LogP contribution is -2.39. The van der Waals surface area contributed by atoms with E-state index in [1.807, 2.05) is 31.3 Å². The molecule has 1 aliphatic rings. The predicted molar refractivity (Wildman–Crippen MR) is 106 cm³/mol. The third-order valence-electron chi connectivity index (χ3n) is 5.60.